The number of hydrogen-bond donors (Lipinski definition) is 1. The predicted molar refractivity (Wildman–Crippen MR) is 112 cm³/mol. The third-order valence-electron chi connectivity index (χ3n) is 4.97. The van der Waals surface area contributed by atoms with Crippen molar-refractivity contribution in [2.24, 2.45) is 0 Å². The van der Waals surface area contributed by atoms with Gasteiger partial charge < -0.3 is 24.1 Å². The summed E-state index contributed by atoms with van der Waals surface area (Å²) in [6.45, 7) is 1.08. The van der Waals surface area contributed by atoms with Gasteiger partial charge in [-0.1, -0.05) is 91.0 Å². The van der Waals surface area contributed by atoms with Gasteiger partial charge in [0.05, 0.1) is 19.8 Å². The first-order chi connectivity index (χ1) is 14.8. The number of aliphatic hydroxyl groups excluding tert-OH is 1. The molecular weight excluding hydrogens is 380 g/mol. The van der Waals surface area contributed by atoms with Crippen LogP contribution in [-0.4, -0.2) is 29.9 Å². The van der Waals surface area contributed by atoms with E-state index in [0.29, 0.717) is 19.8 Å². The standard InChI is InChI=1S/C25H26O5/c26-24-22(27-16-19-10-4-1-5-11-19)23(28-17-20-12-6-2-7-13-20)25(30-24)29-18-21-14-8-3-9-15-21/h1-15,22-26H,16-18H2/t22-,23+,24?,25+/m1/s1. The smallest absolute Gasteiger partial charge is 0.190 e. The van der Waals surface area contributed by atoms with Gasteiger partial charge >= 0.3 is 0 Å². The van der Waals surface area contributed by atoms with Crippen molar-refractivity contribution in [2.45, 2.75) is 44.6 Å². The molecule has 1 aliphatic rings. The minimum atomic E-state index is -1.13. The molecule has 5 nitrogen and oxygen atoms in total. The summed E-state index contributed by atoms with van der Waals surface area (Å²) in [7, 11) is 0. The molecule has 0 bridgehead atoms. The molecule has 4 rings (SSSR count). The molecule has 30 heavy (non-hydrogen) atoms. The number of rotatable bonds is 9. The van der Waals surface area contributed by atoms with Crippen LogP contribution in [0.15, 0.2) is 91.0 Å². The third-order valence-corrected chi connectivity index (χ3v) is 4.97. The quantitative estimate of drug-likeness (QED) is 0.581. The number of aliphatic hydroxyl groups is 1. The Morgan fingerprint density at radius 1 is 0.567 bits per heavy atom. The summed E-state index contributed by atoms with van der Waals surface area (Å²) < 4.78 is 23.8. The van der Waals surface area contributed by atoms with Crippen LogP contribution in [0.4, 0.5) is 0 Å². The highest BCUT2D eigenvalue weighted by Gasteiger charge is 2.46. The van der Waals surface area contributed by atoms with E-state index in [1.54, 1.807) is 0 Å². The third kappa shape index (κ3) is 5.53. The highest BCUT2D eigenvalue weighted by atomic mass is 16.8. The topological polar surface area (TPSA) is 57.2 Å². The molecule has 1 heterocycles. The van der Waals surface area contributed by atoms with E-state index >= 15 is 0 Å². The van der Waals surface area contributed by atoms with Crippen LogP contribution in [0.2, 0.25) is 0 Å². The van der Waals surface area contributed by atoms with Gasteiger partial charge in [-0.2, -0.15) is 0 Å². The van der Waals surface area contributed by atoms with Gasteiger partial charge in [-0.05, 0) is 16.7 Å². The molecule has 0 radical (unpaired) electrons. The first kappa shape index (κ1) is 20.7. The number of hydrogen-bond acceptors (Lipinski definition) is 5. The van der Waals surface area contributed by atoms with Crippen LogP contribution in [0.5, 0.6) is 0 Å². The molecule has 156 valence electrons. The summed E-state index contributed by atoms with van der Waals surface area (Å²) in [5.74, 6) is 0. The van der Waals surface area contributed by atoms with Crippen molar-refractivity contribution >= 4 is 0 Å². The lowest BCUT2D eigenvalue weighted by Gasteiger charge is -2.24. The zero-order valence-corrected chi connectivity index (χ0v) is 16.7. The van der Waals surface area contributed by atoms with Crippen LogP contribution < -0.4 is 0 Å². The van der Waals surface area contributed by atoms with Crippen LogP contribution in [0, 0.1) is 0 Å². The summed E-state index contributed by atoms with van der Waals surface area (Å²) in [6.07, 6.45) is -3.08. The molecule has 0 aromatic heterocycles. The minimum absolute atomic E-state index is 0.350. The second-order valence-corrected chi connectivity index (χ2v) is 7.21. The summed E-state index contributed by atoms with van der Waals surface area (Å²) in [5, 5.41) is 10.5. The Balaban J connectivity index is 1.43. The van der Waals surface area contributed by atoms with Gasteiger partial charge in [0, 0.05) is 0 Å². The molecule has 5 heteroatoms. The van der Waals surface area contributed by atoms with E-state index < -0.39 is 24.8 Å². The number of ether oxygens (including phenoxy) is 4. The average Bonchev–Trinajstić information content (AvgIpc) is 3.11. The fourth-order valence-electron chi connectivity index (χ4n) is 3.38. The molecule has 1 aliphatic heterocycles. The van der Waals surface area contributed by atoms with E-state index in [4.69, 9.17) is 18.9 Å². The molecule has 1 fully saturated rings. The Morgan fingerprint density at radius 3 is 1.43 bits per heavy atom. The van der Waals surface area contributed by atoms with Crippen molar-refractivity contribution in [1.82, 2.24) is 0 Å². The Morgan fingerprint density at radius 2 is 0.967 bits per heavy atom. The minimum Gasteiger partial charge on any atom is -0.366 e. The summed E-state index contributed by atoms with van der Waals surface area (Å²) in [6, 6.07) is 29.5. The van der Waals surface area contributed by atoms with Crippen molar-refractivity contribution in [3.63, 3.8) is 0 Å². The molecule has 1 N–H and O–H groups in total. The van der Waals surface area contributed by atoms with Gasteiger partial charge in [-0.25, -0.2) is 0 Å². The van der Waals surface area contributed by atoms with Crippen molar-refractivity contribution in [3.8, 4) is 0 Å². The van der Waals surface area contributed by atoms with Crippen LogP contribution in [0.3, 0.4) is 0 Å². The molecule has 0 saturated carbocycles. The Bertz CT molecular complexity index is 872. The zero-order valence-electron chi connectivity index (χ0n) is 16.7. The van der Waals surface area contributed by atoms with Crippen molar-refractivity contribution < 1.29 is 24.1 Å². The van der Waals surface area contributed by atoms with Crippen molar-refractivity contribution in [1.29, 1.82) is 0 Å². The Kier molecular flexibility index (Phi) is 7.24. The maximum Gasteiger partial charge on any atom is 0.190 e. The van der Waals surface area contributed by atoms with Crippen LogP contribution in [0.1, 0.15) is 16.7 Å². The van der Waals surface area contributed by atoms with Crippen LogP contribution >= 0.6 is 0 Å². The summed E-state index contributed by atoms with van der Waals surface area (Å²) in [5.41, 5.74) is 3.06. The molecule has 3 aromatic rings. The van der Waals surface area contributed by atoms with Crippen molar-refractivity contribution in [3.05, 3.63) is 108 Å². The highest BCUT2D eigenvalue weighted by Crippen LogP contribution is 2.28. The van der Waals surface area contributed by atoms with Gasteiger partial charge in [0.25, 0.3) is 0 Å². The largest absolute Gasteiger partial charge is 0.366 e. The van der Waals surface area contributed by atoms with Gasteiger partial charge in [0.2, 0.25) is 0 Å². The SMILES string of the molecule is OC1O[C@H](OCc2ccccc2)[C@@H](OCc2ccccc2)[C@H]1OCc1ccccc1. The van der Waals surface area contributed by atoms with E-state index in [1.165, 1.54) is 0 Å². The Labute approximate surface area is 176 Å². The van der Waals surface area contributed by atoms with E-state index in [9.17, 15) is 5.11 Å². The maximum atomic E-state index is 10.5. The highest BCUT2D eigenvalue weighted by molar-refractivity contribution is 5.15. The first-order valence-corrected chi connectivity index (χ1v) is 10.1. The van der Waals surface area contributed by atoms with Gasteiger partial charge in [-0.3, -0.25) is 0 Å². The Hall–Kier alpha value is -2.54. The molecular formula is C25H26O5. The van der Waals surface area contributed by atoms with E-state index in [0.717, 1.165) is 16.7 Å². The fraction of sp³-hybridized carbons (Fsp3) is 0.280. The van der Waals surface area contributed by atoms with Crippen molar-refractivity contribution in [2.75, 3.05) is 0 Å². The number of benzene rings is 3. The molecule has 3 aromatic carbocycles. The van der Waals surface area contributed by atoms with E-state index in [2.05, 4.69) is 0 Å². The van der Waals surface area contributed by atoms with Gasteiger partial charge in [0.1, 0.15) is 12.2 Å². The average molecular weight is 406 g/mol. The molecule has 4 atom stereocenters. The molecule has 1 unspecified atom stereocenters. The summed E-state index contributed by atoms with van der Waals surface area (Å²) >= 11 is 0. The summed E-state index contributed by atoms with van der Waals surface area (Å²) in [4.78, 5) is 0. The molecule has 1 saturated heterocycles. The monoisotopic (exact) mass is 406 g/mol. The van der Waals surface area contributed by atoms with Crippen LogP contribution in [0.25, 0.3) is 0 Å². The zero-order chi connectivity index (χ0) is 20.6. The lowest BCUT2D eigenvalue weighted by Crippen LogP contribution is -2.38. The van der Waals surface area contributed by atoms with Crippen LogP contribution in [-0.2, 0) is 38.8 Å². The lowest BCUT2D eigenvalue weighted by atomic mass is 10.2. The maximum absolute atomic E-state index is 10.5. The van der Waals surface area contributed by atoms with E-state index in [-0.39, 0.29) is 0 Å². The fourth-order valence-corrected chi connectivity index (χ4v) is 3.38. The van der Waals surface area contributed by atoms with Gasteiger partial charge in [0.15, 0.2) is 12.6 Å². The molecule has 0 aliphatic carbocycles. The lowest BCUT2D eigenvalue weighted by molar-refractivity contribution is -0.215. The first-order valence-electron chi connectivity index (χ1n) is 10.1. The normalized spacial score (nSPS) is 23.5. The second-order valence-electron chi connectivity index (χ2n) is 7.21. The predicted octanol–water partition coefficient (Wildman–Crippen LogP) is 4.05. The van der Waals surface area contributed by atoms with E-state index in [1.807, 2.05) is 91.0 Å². The van der Waals surface area contributed by atoms with Gasteiger partial charge in [-0.15, -0.1) is 0 Å². The molecule has 0 spiro atoms. The molecule has 0 amide bonds. The second kappa shape index (κ2) is 10.5.